The molecule has 6 heteroatoms. The van der Waals surface area contributed by atoms with Gasteiger partial charge in [-0.25, -0.2) is 9.97 Å². The van der Waals surface area contributed by atoms with E-state index in [1.54, 1.807) is 13.3 Å². The third kappa shape index (κ3) is 3.45. The number of ether oxygens (including phenoxy) is 1. The van der Waals surface area contributed by atoms with E-state index in [0.29, 0.717) is 18.1 Å². The van der Waals surface area contributed by atoms with E-state index >= 15 is 0 Å². The van der Waals surface area contributed by atoms with E-state index in [9.17, 15) is 4.79 Å². The number of aromatic nitrogens is 2. The highest BCUT2D eigenvalue weighted by Crippen LogP contribution is 2.34. The van der Waals surface area contributed by atoms with E-state index in [2.05, 4.69) is 27.5 Å². The van der Waals surface area contributed by atoms with Gasteiger partial charge in [0.05, 0.1) is 18.0 Å². The molecule has 1 amide bonds. The van der Waals surface area contributed by atoms with Crippen molar-refractivity contribution in [1.82, 2.24) is 15.3 Å². The van der Waals surface area contributed by atoms with Crippen molar-refractivity contribution in [2.75, 3.05) is 25.5 Å². The topological polar surface area (TPSA) is 76.1 Å². The maximum Gasteiger partial charge on any atom is 0.271 e. The number of nitrogens with one attached hydrogen (secondary N) is 2. The number of hydrogen-bond donors (Lipinski definition) is 2. The Morgan fingerprint density at radius 3 is 2.70 bits per heavy atom. The van der Waals surface area contributed by atoms with E-state index in [1.165, 1.54) is 6.20 Å². The Labute approximate surface area is 119 Å². The van der Waals surface area contributed by atoms with Gasteiger partial charge in [0.25, 0.3) is 5.91 Å². The zero-order valence-corrected chi connectivity index (χ0v) is 12.1. The summed E-state index contributed by atoms with van der Waals surface area (Å²) in [4.78, 5) is 20.3. The summed E-state index contributed by atoms with van der Waals surface area (Å²) < 4.78 is 5.46. The molecule has 0 bridgehead atoms. The molecule has 0 aliphatic heterocycles. The molecule has 1 fully saturated rings. The summed E-state index contributed by atoms with van der Waals surface area (Å²) in [5.41, 5.74) is 0.156. The lowest BCUT2D eigenvalue weighted by Gasteiger charge is -2.40. The van der Waals surface area contributed by atoms with Crippen molar-refractivity contribution in [1.29, 1.82) is 0 Å². The molecule has 110 valence electrons. The second-order valence-corrected chi connectivity index (χ2v) is 5.14. The minimum Gasteiger partial charge on any atom is -0.376 e. The van der Waals surface area contributed by atoms with Gasteiger partial charge < -0.3 is 15.4 Å². The molecule has 1 aliphatic rings. The zero-order chi connectivity index (χ0) is 14.4. The van der Waals surface area contributed by atoms with Crippen LogP contribution in [0.2, 0.25) is 0 Å². The molecule has 1 aromatic heterocycles. The van der Waals surface area contributed by atoms with Gasteiger partial charge in [-0.05, 0) is 25.7 Å². The monoisotopic (exact) mass is 278 g/mol. The van der Waals surface area contributed by atoms with E-state index in [4.69, 9.17) is 4.74 Å². The van der Waals surface area contributed by atoms with Crippen molar-refractivity contribution in [2.45, 2.75) is 38.2 Å². The first kappa shape index (κ1) is 14.7. The molecule has 0 saturated heterocycles. The Bertz CT molecular complexity index is 437. The molecule has 1 aromatic rings. The first-order valence-electron chi connectivity index (χ1n) is 7.08. The maximum absolute atomic E-state index is 12.0. The molecule has 1 heterocycles. The number of hydrogen-bond acceptors (Lipinski definition) is 5. The van der Waals surface area contributed by atoms with Gasteiger partial charge in [0.1, 0.15) is 11.5 Å². The molecule has 6 nitrogen and oxygen atoms in total. The van der Waals surface area contributed by atoms with E-state index in [0.717, 1.165) is 32.2 Å². The highest BCUT2D eigenvalue weighted by atomic mass is 16.5. The van der Waals surface area contributed by atoms with Gasteiger partial charge in [-0.2, -0.15) is 0 Å². The van der Waals surface area contributed by atoms with Crippen molar-refractivity contribution in [2.24, 2.45) is 0 Å². The lowest BCUT2D eigenvalue weighted by Crippen LogP contribution is -2.49. The highest BCUT2D eigenvalue weighted by molar-refractivity contribution is 5.92. The van der Waals surface area contributed by atoms with Gasteiger partial charge in [-0.3, -0.25) is 4.79 Å². The van der Waals surface area contributed by atoms with Crippen molar-refractivity contribution in [3.05, 3.63) is 18.1 Å². The van der Waals surface area contributed by atoms with Crippen LogP contribution in [0.1, 0.15) is 43.1 Å². The Balaban J connectivity index is 1.85. The van der Waals surface area contributed by atoms with Gasteiger partial charge >= 0.3 is 0 Å². The highest BCUT2D eigenvalue weighted by Gasteiger charge is 2.37. The predicted octanol–water partition coefficient (Wildman–Crippen LogP) is 1.60. The predicted molar refractivity (Wildman–Crippen MR) is 76.7 cm³/mol. The molecule has 20 heavy (non-hydrogen) atoms. The van der Waals surface area contributed by atoms with Crippen molar-refractivity contribution < 1.29 is 9.53 Å². The van der Waals surface area contributed by atoms with Crippen LogP contribution in [-0.2, 0) is 4.74 Å². The van der Waals surface area contributed by atoms with Crippen molar-refractivity contribution in [3.8, 4) is 0 Å². The van der Waals surface area contributed by atoms with Crippen molar-refractivity contribution >= 4 is 11.7 Å². The summed E-state index contributed by atoms with van der Waals surface area (Å²) in [6.07, 6.45) is 7.24. The normalized spacial score (nSPS) is 16.3. The summed E-state index contributed by atoms with van der Waals surface area (Å²) >= 11 is 0. The average molecular weight is 278 g/mol. The molecule has 0 unspecified atom stereocenters. The van der Waals surface area contributed by atoms with Crippen LogP contribution in [0, 0.1) is 0 Å². The minimum absolute atomic E-state index is 0.175. The minimum atomic E-state index is -0.206. The molecular formula is C14H22N4O2. The maximum atomic E-state index is 12.0. The lowest BCUT2D eigenvalue weighted by molar-refractivity contribution is -0.0679. The summed E-state index contributed by atoms with van der Waals surface area (Å²) in [7, 11) is 1.69. The number of carbonyl (C=O) groups excluding carboxylic acids is 1. The van der Waals surface area contributed by atoms with Crippen LogP contribution < -0.4 is 10.6 Å². The fraction of sp³-hybridized carbons (Fsp3) is 0.643. The largest absolute Gasteiger partial charge is 0.376 e. The molecule has 2 N–H and O–H groups in total. The van der Waals surface area contributed by atoms with Crippen LogP contribution in [0.5, 0.6) is 0 Å². The van der Waals surface area contributed by atoms with Crippen LogP contribution in [-0.4, -0.2) is 41.7 Å². The number of nitrogens with zero attached hydrogens (tertiary/aromatic N) is 2. The van der Waals surface area contributed by atoms with Crippen LogP contribution in [0.3, 0.4) is 0 Å². The fourth-order valence-corrected chi connectivity index (χ4v) is 2.15. The third-order valence-corrected chi connectivity index (χ3v) is 3.71. The fourth-order valence-electron chi connectivity index (χ4n) is 2.15. The van der Waals surface area contributed by atoms with Gasteiger partial charge in [0.2, 0.25) is 0 Å². The molecule has 0 atom stereocenters. The summed E-state index contributed by atoms with van der Waals surface area (Å²) in [6, 6.07) is 0. The van der Waals surface area contributed by atoms with E-state index in [-0.39, 0.29) is 11.5 Å². The lowest BCUT2D eigenvalue weighted by atomic mass is 9.80. The second-order valence-electron chi connectivity index (χ2n) is 5.14. The smallest absolute Gasteiger partial charge is 0.271 e. The van der Waals surface area contributed by atoms with Gasteiger partial charge in [0.15, 0.2) is 0 Å². The molecular weight excluding hydrogens is 256 g/mol. The number of anilines is 1. The SMILES string of the molecule is CCCNc1cnc(C(=O)NCC2(OC)CCC2)cn1. The van der Waals surface area contributed by atoms with Gasteiger partial charge in [-0.1, -0.05) is 6.92 Å². The molecule has 0 spiro atoms. The molecule has 0 radical (unpaired) electrons. The number of carbonyl (C=O) groups is 1. The standard InChI is InChI=1S/C14H22N4O2/c1-3-7-15-12-9-16-11(8-17-12)13(19)18-10-14(20-2)5-4-6-14/h8-9H,3-7,10H2,1-2H3,(H,15,17)(H,18,19). The van der Waals surface area contributed by atoms with E-state index < -0.39 is 0 Å². The Morgan fingerprint density at radius 1 is 1.40 bits per heavy atom. The van der Waals surface area contributed by atoms with Gasteiger partial charge in [0, 0.05) is 20.2 Å². The zero-order valence-electron chi connectivity index (χ0n) is 12.1. The van der Waals surface area contributed by atoms with Crippen LogP contribution >= 0.6 is 0 Å². The molecule has 1 aliphatic carbocycles. The van der Waals surface area contributed by atoms with E-state index in [1.807, 2.05) is 0 Å². The Kier molecular flexibility index (Phi) is 4.89. The summed E-state index contributed by atoms with van der Waals surface area (Å²) in [5, 5.41) is 5.99. The van der Waals surface area contributed by atoms with Gasteiger partial charge in [-0.15, -0.1) is 0 Å². The third-order valence-electron chi connectivity index (χ3n) is 3.71. The van der Waals surface area contributed by atoms with Crippen LogP contribution in [0.4, 0.5) is 5.82 Å². The number of rotatable bonds is 7. The molecule has 1 saturated carbocycles. The number of amides is 1. The summed E-state index contributed by atoms with van der Waals surface area (Å²) in [5.74, 6) is 0.485. The average Bonchev–Trinajstić information content (AvgIpc) is 2.45. The first-order chi connectivity index (χ1) is 9.69. The molecule has 0 aromatic carbocycles. The Morgan fingerprint density at radius 2 is 2.20 bits per heavy atom. The van der Waals surface area contributed by atoms with Crippen LogP contribution in [0.15, 0.2) is 12.4 Å². The van der Waals surface area contributed by atoms with Crippen LogP contribution in [0.25, 0.3) is 0 Å². The van der Waals surface area contributed by atoms with Crippen molar-refractivity contribution in [3.63, 3.8) is 0 Å². The molecule has 2 rings (SSSR count). The Hall–Kier alpha value is -1.69. The second kappa shape index (κ2) is 6.65. The summed E-state index contributed by atoms with van der Waals surface area (Å²) in [6.45, 7) is 3.45. The first-order valence-corrected chi connectivity index (χ1v) is 7.08. The quantitative estimate of drug-likeness (QED) is 0.792. The number of methoxy groups -OCH3 is 1.